The van der Waals surface area contributed by atoms with Gasteiger partial charge in [0.15, 0.2) is 0 Å². The molecule has 2 rings (SSSR count). The average molecular weight is 319 g/mol. The number of ether oxygens (including phenoxy) is 1. The minimum atomic E-state index is 0.484. The number of methoxy groups -OCH3 is 1. The number of benzene rings is 1. The summed E-state index contributed by atoms with van der Waals surface area (Å²) in [6.45, 7) is 11.3. The Hall–Kier alpha value is -1.06. The molecule has 3 nitrogen and oxygen atoms in total. The van der Waals surface area contributed by atoms with Crippen LogP contribution < -0.4 is 10.1 Å². The van der Waals surface area contributed by atoms with E-state index in [2.05, 4.69) is 49.2 Å². The minimum Gasteiger partial charge on any atom is -0.496 e. The molecule has 1 aromatic carbocycles. The molecule has 0 unspecified atom stereocenters. The largest absolute Gasteiger partial charge is 0.496 e. The Labute approximate surface area is 142 Å². The summed E-state index contributed by atoms with van der Waals surface area (Å²) in [5.41, 5.74) is 2.80. The van der Waals surface area contributed by atoms with Crippen molar-refractivity contribution < 1.29 is 4.74 Å². The van der Waals surface area contributed by atoms with E-state index < -0.39 is 0 Å². The molecular formula is C20H34N2O. The third kappa shape index (κ3) is 4.95. The summed E-state index contributed by atoms with van der Waals surface area (Å²) in [6, 6.07) is 7.26. The molecule has 1 fully saturated rings. The predicted molar refractivity (Wildman–Crippen MR) is 98.4 cm³/mol. The molecule has 0 aliphatic carbocycles. The second-order valence-corrected chi connectivity index (χ2v) is 6.95. The quantitative estimate of drug-likeness (QED) is 0.721. The molecule has 0 saturated carbocycles. The van der Waals surface area contributed by atoms with E-state index in [0.717, 1.165) is 31.9 Å². The Morgan fingerprint density at radius 2 is 1.91 bits per heavy atom. The summed E-state index contributed by atoms with van der Waals surface area (Å²) in [4.78, 5) is 2.65. The number of nitrogens with zero attached hydrogens (tertiary/aromatic N) is 1. The van der Waals surface area contributed by atoms with E-state index in [9.17, 15) is 0 Å². The van der Waals surface area contributed by atoms with Crippen LogP contribution in [0.25, 0.3) is 0 Å². The van der Waals surface area contributed by atoms with Crippen molar-refractivity contribution in [1.29, 1.82) is 0 Å². The van der Waals surface area contributed by atoms with Gasteiger partial charge in [0.25, 0.3) is 0 Å². The van der Waals surface area contributed by atoms with Crippen LogP contribution in [-0.2, 0) is 0 Å². The van der Waals surface area contributed by atoms with Gasteiger partial charge in [-0.25, -0.2) is 0 Å². The summed E-state index contributed by atoms with van der Waals surface area (Å²) in [7, 11) is 1.80. The zero-order valence-electron chi connectivity index (χ0n) is 15.4. The molecule has 130 valence electrons. The fourth-order valence-corrected chi connectivity index (χ4v) is 3.49. The maximum atomic E-state index is 5.72. The fraction of sp³-hybridized carbons (Fsp3) is 0.700. The SMILES string of the molecule is CCCCC[C@H](c1cc(C(C)C)ccc1OC)N1CCNCC1. The molecule has 0 amide bonds. The van der Waals surface area contributed by atoms with E-state index in [4.69, 9.17) is 4.74 Å². The number of rotatable bonds is 8. The standard InChI is InChI=1S/C20H34N2O/c1-5-6-7-8-19(22-13-11-21-12-14-22)18-15-17(16(2)3)9-10-20(18)23-4/h9-10,15-16,19,21H,5-8,11-14H2,1-4H3/t19-/m1/s1. The summed E-state index contributed by atoms with van der Waals surface area (Å²) in [5, 5.41) is 3.47. The zero-order chi connectivity index (χ0) is 16.7. The lowest BCUT2D eigenvalue weighted by atomic mass is 9.93. The molecule has 1 atom stereocenters. The first-order valence-corrected chi connectivity index (χ1v) is 9.30. The molecule has 23 heavy (non-hydrogen) atoms. The van der Waals surface area contributed by atoms with E-state index >= 15 is 0 Å². The number of hydrogen-bond acceptors (Lipinski definition) is 3. The molecule has 0 radical (unpaired) electrons. The van der Waals surface area contributed by atoms with Gasteiger partial charge in [-0.3, -0.25) is 4.90 Å². The fourth-order valence-electron chi connectivity index (χ4n) is 3.49. The molecule has 1 N–H and O–H groups in total. The summed E-state index contributed by atoms with van der Waals surface area (Å²) in [6.07, 6.45) is 5.11. The molecule has 0 bridgehead atoms. The lowest BCUT2D eigenvalue weighted by molar-refractivity contribution is 0.160. The second-order valence-electron chi connectivity index (χ2n) is 6.95. The number of unbranched alkanes of at least 4 members (excludes halogenated alkanes) is 2. The van der Waals surface area contributed by atoms with Gasteiger partial charge in [-0.1, -0.05) is 52.2 Å². The van der Waals surface area contributed by atoms with E-state index in [1.165, 1.54) is 36.8 Å². The normalized spacial score (nSPS) is 17.4. The highest BCUT2D eigenvalue weighted by atomic mass is 16.5. The van der Waals surface area contributed by atoms with Crippen LogP contribution >= 0.6 is 0 Å². The maximum absolute atomic E-state index is 5.72. The zero-order valence-corrected chi connectivity index (χ0v) is 15.4. The molecular weight excluding hydrogens is 284 g/mol. The number of hydrogen-bond donors (Lipinski definition) is 1. The van der Waals surface area contributed by atoms with Gasteiger partial charge >= 0.3 is 0 Å². The van der Waals surface area contributed by atoms with Crippen LogP contribution in [0.4, 0.5) is 0 Å². The van der Waals surface area contributed by atoms with Crippen LogP contribution in [-0.4, -0.2) is 38.2 Å². The highest BCUT2D eigenvalue weighted by Gasteiger charge is 2.25. The van der Waals surface area contributed by atoms with Gasteiger partial charge in [-0.15, -0.1) is 0 Å². The summed E-state index contributed by atoms with van der Waals surface area (Å²) >= 11 is 0. The summed E-state index contributed by atoms with van der Waals surface area (Å²) in [5.74, 6) is 1.61. The first-order valence-electron chi connectivity index (χ1n) is 9.30. The van der Waals surface area contributed by atoms with E-state index in [1.54, 1.807) is 7.11 Å². The summed E-state index contributed by atoms with van der Waals surface area (Å²) < 4.78 is 5.72. The van der Waals surface area contributed by atoms with Crippen molar-refractivity contribution in [3.63, 3.8) is 0 Å². The van der Waals surface area contributed by atoms with Crippen molar-refractivity contribution in [2.24, 2.45) is 0 Å². The first-order chi connectivity index (χ1) is 11.2. The molecule has 0 aromatic heterocycles. The molecule has 0 spiro atoms. The van der Waals surface area contributed by atoms with Crippen LogP contribution in [0, 0.1) is 0 Å². The van der Waals surface area contributed by atoms with Crippen LogP contribution in [0.15, 0.2) is 18.2 Å². The Balaban J connectivity index is 2.29. The Kier molecular flexibility index (Phi) is 7.38. The van der Waals surface area contributed by atoms with Crippen LogP contribution in [0.1, 0.15) is 69.5 Å². The van der Waals surface area contributed by atoms with Crippen molar-refractivity contribution >= 4 is 0 Å². The van der Waals surface area contributed by atoms with Gasteiger partial charge in [0.2, 0.25) is 0 Å². The van der Waals surface area contributed by atoms with Crippen LogP contribution in [0.5, 0.6) is 5.75 Å². The third-order valence-corrected chi connectivity index (χ3v) is 4.95. The van der Waals surface area contributed by atoms with Gasteiger partial charge in [-0.2, -0.15) is 0 Å². The van der Waals surface area contributed by atoms with Gasteiger partial charge in [0, 0.05) is 37.8 Å². The second kappa shape index (κ2) is 9.29. The van der Waals surface area contributed by atoms with Crippen molar-refractivity contribution in [1.82, 2.24) is 10.2 Å². The van der Waals surface area contributed by atoms with Gasteiger partial charge in [0.1, 0.15) is 5.75 Å². The lowest BCUT2D eigenvalue weighted by Gasteiger charge is -2.36. The van der Waals surface area contributed by atoms with Crippen molar-refractivity contribution in [3.8, 4) is 5.75 Å². The van der Waals surface area contributed by atoms with Gasteiger partial charge in [0.05, 0.1) is 7.11 Å². The van der Waals surface area contributed by atoms with Crippen LogP contribution in [0.3, 0.4) is 0 Å². The van der Waals surface area contributed by atoms with Crippen LogP contribution in [0.2, 0.25) is 0 Å². The topological polar surface area (TPSA) is 24.5 Å². The molecule has 3 heteroatoms. The molecule has 1 aromatic rings. The Morgan fingerprint density at radius 3 is 2.52 bits per heavy atom. The molecule has 1 heterocycles. The smallest absolute Gasteiger partial charge is 0.123 e. The molecule has 1 aliphatic rings. The van der Waals surface area contributed by atoms with Crippen molar-refractivity contribution in [3.05, 3.63) is 29.3 Å². The minimum absolute atomic E-state index is 0.484. The number of piperazine rings is 1. The third-order valence-electron chi connectivity index (χ3n) is 4.95. The van der Waals surface area contributed by atoms with E-state index in [-0.39, 0.29) is 0 Å². The van der Waals surface area contributed by atoms with E-state index in [1.807, 2.05) is 0 Å². The molecule has 1 aliphatic heterocycles. The predicted octanol–water partition coefficient (Wildman–Crippen LogP) is 4.35. The highest BCUT2D eigenvalue weighted by molar-refractivity contribution is 5.40. The monoisotopic (exact) mass is 318 g/mol. The van der Waals surface area contributed by atoms with Gasteiger partial charge in [-0.05, 0) is 24.0 Å². The Bertz CT molecular complexity index is 467. The highest BCUT2D eigenvalue weighted by Crippen LogP contribution is 2.35. The first kappa shape index (κ1) is 18.3. The van der Waals surface area contributed by atoms with E-state index in [0.29, 0.717) is 12.0 Å². The van der Waals surface area contributed by atoms with Crippen molar-refractivity contribution in [2.45, 2.75) is 58.4 Å². The number of nitrogens with one attached hydrogen (secondary N) is 1. The lowest BCUT2D eigenvalue weighted by Crippen LogP contribution is -2.45. The molecule has 1 saturated heterocycles. The van der Waals surface area contributed by atoms with Crippen molar-refractivity contribution in [2.75, 3.05) is 33.3 Å². The van der Waals surface area contributed by atoms with Gasteiger partial charge < -0.3 is 10.1 Å². The maximum Gasteiger partial charge on any atom is 0.123 e. The Morgan fingerprint density at radius 1 is 1.17 bits per heavy atom. The average Bonchev–Trinajstić information content (AvgIpc) is 2.59.